The molecule has 0 saturated heterocycles. The molecule has 0 unspecified atom stereocenters. The van der Waals surface area contributed by atoms with Crippen LogP contribution in [0.5, 0.6) is 11.5 Å². The van der Waals surface area contributed by atoms with E-state index < -0.39 is 11.8 Å². The highest BCUT2D eigenvalue weighted by atomic mass is 16.5. The zero-order valence-electron chi connectivity index (χ0n) is 13.2. The van der Waals surface area contributed by atoms with Crippen molar-refractivity contribution in [3.63, 3.8) is 0 Å². The van der Waals surface area contributed by atoms with E-state index >= 15 is 0 Å². The first-order chi connectivity index (χ1) is 12.0. The van der Waals surface area contributed by atoms with Crippen molar-refractivity contribution in [2.45, 2.75) is 6.92 Å². The van der Waals surface area contributed by atoms with Gasteiger partial charge in [-0.15, -0.1) is 0 Å². The molecule has 0 spiro atoms. The van der Waals surface area contributed by atoms with Crippen molar-refractivity contribution in [2.24, 2.45) is 0 Å². The monoisotopic (exact) mass is 335 g/mol. The van der Waals surface area contributed by atoms with Gasteiger partial charge in [0.2, 0.25) is 0 Å². The van der Waals surface area contributed by atoms with Crippen molar-refractivity contribution in [1.82, 2.24) is 5.16 Å². The summed E-state index contributed by atoms with van der Waals surface area (Å²) in [6.07, 6.45) is 0. The van der Waals surface area contributed by atoms with E-state index in [0.717, 1.165) is 4.90 Å². The largest absolute Gasteiger partial charge is 0.457 e. The molecular formula is C18H13N3O4. The molecule has 3 aromatic rings. The van der Waals surface area contributed by atoms with Crippen LogP contribution in [0.1, 0.15) is 26.5 Å². The molecule has 2 N–H and O–H groups in total. The average Bonchev–Trinajstić information content (AvgIpc) is 3.12. The molecular weight excluding hydrogens is 322 g/mol. The molecule has 2 amide bonds. The Morgan fingerprint density at radius 3 is 2.32 bits per heavy atom. The van der Waals surface area contributed by atoms with Crippen LogP contribution >= 0.6 is 0 Å². The van der Waals surface area contributed by atoms with Crippen molar-refractivity contribution < 1.29 is 18.8 Å². The van der Waals surface area contributed by atoms with Crippen LogP contribution < -0.4 is 15.4 Å². The molecule has 7 nitrogen and oxygen atoms in total. The molecule has 0 saturated carbocycles. The maximum absolute atomic E-state index is 12.6. The number of carbonyl (C=O) groups is 2. The van der Waals surface area contributed by atoms with Crippen LogP contribution in [0, 0.1) is 6.92 Å². The molecule has 1 aliphatic heterocycles. The molecule has 0 fully saturated rings. The van der Waals surface area contributed by atoms with Gasteiger partial charge in [-0.05, 0) is 49.4 Å². The summed E-state index contributed by atoms with van der Waals surface area (Å²) in [4.78, 5) is 26.1. The molecule has 1 aromatic heterocycles. The third-order valence-electron chi connectivity index (χ3n) is 3.82. The van der Waals surface area contributed by atoms with E-state index in [0.29, 0.717) is 28.5 Å². The number of imide groups is 1. The van der Waals surface area contributed by atoms with Crippen LogP contribution in [-0.4, -0.2) is 17.0 Å². The number of fused-ring (bicyclic) bond motifs is 1. The number of benzene rings is 2. The van der Waals surface area contributed by atoms with Gasteiger partial charge in [-0.2, -0.15) is 0 Å². The number of aryl methyl sites for hydroxylation is 1. The van der Waals surface area contributed by atoms with Gasteiger partial charge >= 0.3 is 0 Å². The number of hydrogen-bond donors (Lipinski definition) is 1. The fourth-order valence-corrected chi connectivity index (χ4v) is 2.62. The first-order valence-electron chi connectivity index (χ1n) is 7.52. The van der Waals surface area contributed by atoms with Crippen molar-refractivity contribution in [3.8, 4) is 11.5 Å². The van der Waals surface area contributed by atoms with Gasteiger partial charge in [-0.25, -0.2) is 4.90 Å². The Morgan fingerprint density at radius 1 is 0.960 bits per heavy atom. The maximum atomic E-state index is 12.6. The molecule has 25 heavy (non-hydrogen) atoms. The van der Waals surface area contributed by atoms with E-state index in [1.165, 1.54) is 6.07 Å². The number of nitrogens with zero attached hydrogens (tertiary/aromatic N) is 2. The van der Waals surface area contributed by atoms with Crippen molar-refractivity contribution >= 4 is 23.3 Å². The molecule has 4 rings (SSSR count). The predicted octanol–water partition coefficient (Wildman–Crippen LogP) is 3.16. The van der Waals surface area contributed by atoms with E-state index in [1.807, 2.05) is 0 Å². The summed E-state index contributed by atoms with van der Waals surface area (Å²) in [7, 11) is 0. The Labute approximate surface area is 142 Å². The Bertz CT molecular complexity index is 992. The number of nitrogens with two attached hydrogens (primary N) is 1. The second-order valence-electron chi connectivity index (χ2n) is 5.62. The van der Waals surface area contributed by atoms with Crippen molar-refractivity contribution in [2.75, 3.05) is 10.6 Å². The number of rotatable bonds is 3. The maximum Gasteiger partial charge on any atom is 0.267 e. The first-order valence-corrected chi connectivity index (χ1v) is 7.52. The quantitative estimate of drug-likeness (QED) is 0.583. The standard InChI is InChI=1S/C18H13N3O4/c1-10-8-16(20-25-10)21-17(22)14-7-6-13(9-15(14)18(21)23)24-12-4-2-11(19)3-5-12/h2-9H,19H2,1H3. The molecule has 0 bridgehead atoms. The van der Waals surface area contributed by atoms with Crippen LogP contribution in [0.2, 0.25) is 0 Å². The lowest BCUT2D eigenvalue weighted by Gasteiger charge is -2.08. The minimum absolute atomic E-state index is 0.171. The van der Waals surface area contributed by atoms with Gasteiger partial charge in [0, 0.05) is 11.8 Å². The van der Waals surface area contributed by atoms with Gasteiger partial charge in [0.25, 0.3) is 11.8 Å². The Morgan fingerprint density at radius 2 is 1.64 bits per heavy atom. The van der Waals surface area contributed by atoms with Gasteiger partial charge in [0.15, 0.2) is 5.82 Å². The number of hydrogen-bond acceptors (Lipinski definition) is 6. The summed E-state index contributed by atoms with van der Waals surface area (Å²) in [5.41, 5.74) is 6.83. The lowest BCUT2D eigenvalue weighted by atomic mass is 10.1. The van der Waals surface area contributed by atoms with Crippen molar-refractivity contribution in [3.05, 3.63) is 65.4 Å². The highest BCUT2D eigenvalue weighted by molar-refractivity contribution is 6.34. The molecule has 2 heterocycles. The second-order valence-corrected chi connectivity index (χ2v) is 5.62. The number of ether oxygens (including phenoxy) is 1. The minimum Gasteiger partial charge on any atom is -0.457 e. The van der Waals surface area contributed by atoms with E-state index in [-0.39, 0.29) is 11.4 Å². The third-order valence-corrected chi connectivity index (χ3v) is 3.82. The van der Waals surface area contributed by atoms with Crippen LogP contribution in [-0.2, 0) is 0 Å². The smallest absolute Gasteiger partial charge is 0.267 e. The lowest BCUT2D eigenvalue weighted by molar-refractivity contribution is 0.0923. The fourth-order valence-electron chi connectivity index (χ4n) is 2.62. The predicted molar refractivity (Wildman–Crippen MR) is 89.8 cm³/mol. The third kappa shape index (κ3) is 2.51. The fraction of sp³-hybridized carbons (Fsp3) is 0.0556. The number of amides is 2. The molecule has 0 aliphatic carbocycles. The first kappa shape index (κ1) is 14.9. The van der Waals surface area contributed by atoms with Crippen molar-refractivity contribution in [1.29, 1.82) is 0 Å². The Kier molecular flexibility index (Phi) is 3.28. The van der Waals surface area contributed by atoms with Gasteiger partial charge < -0.3 is 15.0 Å². The van der Waals surface area contributed by atoms with Gasteiger partial charge in [0.1, 0.15) is 17.3 Å². The molecule has 124 valence electrons. The summed E-state index contributed by atoms with van der Waals surface area (Å²) in [5.74, 6) is 0.810. The Balaban J connectivity index is 1.66. The topological polar surface area (TPSA) is 98.7 Å². The van der Waals surface area contributed by atoms with Gasteiger partial charge in [0.05, 0.1) is 11.1 Å². The zero-order chi connectivity index (χ0) is 17.6. The highest BCUT2D eigenvalue weighted by Crippen LogP contribution is 2.32. The number of anilines is 2. The normalized spacial score (nSPS) is 13.2. The van der Waals surface area contributed by atoms with E-state index in [1.54, 1.807) is 49.4 Å². The second kappa shape index (κ2) is 5.48. The molecule has 0 radical (unpaired) electrons. The molecule has 1 aliphatic rings. The number of aromatic nitrogens is 1. The number of carbonyl (C=O) groups excluding carboxylic acids is 2. The lowest BCUT2D eigenvalue weighted by Crippen LogP contribution is -2.29. The van der Waals surface area contributed by atoms with Crippen LogP contribution in [0.25, 0.3) is 0 Å². The SMILES string of the molecule is Cc1cc(N2C(=O)c3ccc(Oc4ccc(N)cc4)cc3C2=O)no1. The summed E-state index contributed by atoms with van der Waals surface area (Å²) in [5, 5.41) is 3.75. The van der Waals surface area contributed by atoms with E-state index in [4.69, 9.17) is 15.0 Å². The van der Waals surface area contributed by atoms with Crippen LogP contribution in [0.4, 0.5) is 11.5 Å². The molecule has 7 heteroatoms. The average molecular weight is 335 g/mol. The molecule has 0 atom stereocenters. The zero-order valence-corrected chi connectivity index (χ0v) is 13.2. The van der Waals surface area contributed by atoms with Crippen LogP contribution in [0.3, 0.4) is 0 Å². The summed E-state index contributed by atoms with van der Waals surface area (Å²) >= 11 is 0. The molecule has 2 aromatic carbocycles. The highest BCUT2D eigenvalue weighted by Gasteiger charge is 2.38. The number of nitrogen functional groups attached to an aromatic ring is 1. The van der Waals surface area contributed by atoms with Gasteiger partial charge in [-0.3, -0.25) is 9.59 Å². The summed E-state index contributed by atoms with van der Waals surface area (Å²) < 4.78 is 10.7. The summed E-state index contributed by atoms with van der Waals surface area (Å²) in [6, 6.07) is 13.2. The van der Waals surface area contributed by atoms with Crippen LogP contribution in [0.15, 0.2) is 53.1 Å². The summed E-state index contributed by atoms with van der Waals surface area (Å²) in [6.45, 7) is 1.69. The van der Waals surface area contributed by atoms with E-state index in [2.05, 4.69) is 5.16 Å². The minimum atomic E-state index is -0.462. The van der Waals surface area contributed by atoms with E-state index in [9.17, 15) is 9.59 Å². The Hall–Kier alpha value is -3.61. The van der Waals surface area contributed by atoms with Gasteiger partial charge in [-0.1, -0.05) is 5.16 Å².